The van der Waals surface area contributed by atoms with Crippen molar-refractivity contribution in [2.45, 2.75) is 69.0 Å². The zero-order valence-electron chi connectivity index (χ0n) is 17.8. The van der Waals surface area contributed by atoms with Crippen molar-refractivity contribution >= 4 is 11.9 Å². The molecule has 0 N–H and O–H groups in total. The molecule has 162 valence electrons. The highest BCUT2D eigenvalue weighted by Crippen LogP contribution is 2.48. The van der Waals surface area contributed by atoms with Gasteiger partial charge in [0.2, 0.25) is 5.91 Å². The number of hydrogen-bond donors (Lipinski definition) is 0. The summed E-state index contributed by atoms with van der Waals surface area (Å²) in [6, 6.07) is 6.20. The lowest BCUT2D eigenvalue weighted by Gasteiger charge is -2.46. The number of piperidine rings is 1. The van der Waals surface area contributed by atoms with Crippen molar-refractivity contribution in [1.29, 1.82) is 0 Å². The van der Waals surface area contributed by atoms with E-state index in [0.717, 1.165) is 62.7 Å². The molecule has 0 radical (unpaired) electrons. The van der Waals surface area contributed by atoms with E-state index in [0.29, 0.717) is 19.7 Å². The monoisotopic (exact) mass is 413 g/mol. The van der Waals surface area contributed by atoms with Crippen molar-refractivity contribution in [3.8, 4) is 5.75 Å². The van der Waals surface area contributed by atoms with Gasteiger partial charge < -0.3 is 19.1 Å². The minimum atomic E-state index is -0.557. The molecule has 30 heavy (non-hydrogen) atoms. The van der Waals surface area contributed by atoms with Gasteiger partial charge in [-0.15, -0.1) is 0 Å². The summed E-state index contributed by atoms with van der Waals surface area (Å²) in [5, 5.41) is 0. The molecule has 6 heteroatoms. The lowest BCUT2D eigenvalue weighted by molar-refractivity contribution is -0.158. The molecule has 3 heterocycles. The molecule has 1 aromatic carbocycles. The molecular formula is C24H31NO5. The standard InChI is InChI=1S/C24H31NO5/c1-28-19-7-5-6-17-8-15-29-24(21(17)19)11-13-25(14-12-24)22(27)18-16-20(26)30-23(18)9-3-2-4-10-23/h5-7,18H,2-4,8-16H2,1H3. The molecule has 3 fully saturated rings. The van der Waals surface area contributed by atoms with Crippen LogP contribution >= 0.6 is 0 Å². The van der Waals surface area contributed by atoms with Gasteiger partial charge in [-0.3, -0.25) is 9.59 Å². The number of carbonyl (C=O) groups excluding carboxylic acids is 2. The van der Waals surface area contributed by atoms with Gasteiger partial charge in [0, 0.05) is 18.7 Å². The quantitative estimate of drug-likeness (QED) is 0.696. The summed E-state index contributed by atoms with van der Waals surface area (Å²) in [7, 11) is 1.71. The Morgan fingerprint density at radius 1 is 1.13 bits per heavy atom. The van der Waals surface area contributed by atoms with E-state index in [-0.39, 0.29) is 29.8 Å². The van der Waals surface area contributed by atoms with Gasteiger partial charge in [0.05, 0.1) is 26.1 Å². The van der Waals surface area contributed by atoms with Gasteiger partial charge >= 0.3 is 5.97 Å². The highest BCUT2D eigenvalue weighted by Gasteiger charge is 2.54. The normalized spacial score (nSPS) is 27.0. The van der Waals surface area contributed by atoms with Crippen LogP contribution in [0.2, 0.25) is 0 Å². The van der Waals surface area contributed by atoms with E-state index < -0.39 is 5.60 Å². The van der Waals surface area contributed by atoms with E-state index >= 15 is 0 Å². The Balaban J connectivity index is 1.35. The average Bonchev–Trinajstić information content (AvgIpc) is 3.09. The van der Waals surface area contributed by atoms with Gasteiger partial charge in [-0.2, -0.15) is 0 Å². The molecule has 0 bridgehead atoms. The third-order valence-electron chi connectivity index (χ3n) is 7.74. The molecule has 5 rings (SSSR count). The molecule has 1 atom stereocenters. The topological polar surface area (TPSA) is 65.1 Å². The summed E-state index contributed by atoms with van der Waals surface area (Å²) in [6.45, 7) is 1.97. The lowest BCUT2D eigenvalue weighted by Crippen LogP contribution is -2.53. The second-order valence-electron chi connectivity index (χ2n) is 9.27. The fraction of sp³-hybridized carbons (Fsp3) is 0.667. The summed E-state index contributed by atoms with van der Waals surface area (Å²) in [5.41, 5.74) is 1.51. The molecule has 6 nitrogen and oxygen atoms in total. The van der Waals surface area contributed by atoms with Crippen LogP contribution in [0.15, 0.2) is 18.2 Å². The molecule has 4 aliphatic rings. The van der Waals surface area contributed by atoms with Crippen LogP contribution in [0.4, 0.5) is 0 Å². The summed E-state index contributed by atoms with van der Waals surface area (Å²) in [6.07, 6.45) is 7.48. The number of nitrogens with zero attached hydrogens (tertiary/aromatic N) is 1. The van der Waals surface area contributed by atoms with Gasteiger partial charge in [-0.25, -0.2) is 0 Å². The van der Waals surface area contributed by atoms with Gasteiger partial charge in [0.15, 0.2) is 0 Å². The average molecular weight is 414 g/mol. The fourth-order valence-corrected chi connectivity index (χ4v) is 6.21. The first-order valence-electron chi connectivity index (χ1n) is 11.4. The number of amides is 1. The number of methoxy groups -OCH3 is 1. The number of ether oxygens (including phenoxy) is 3. The van der Waals surface area contributed by atoms with Crippen LogP contribution in [-0.4, -0.2) is 49.2 Å². The van der Waals surface area contributed by atoms with Crippen molar-refractivity contribution in [1.82, 2.24) is 4.90 Å². The summed E-state index contributed by atoms with van der Waals surface area (Å²) < 4.78 is 17.8. The summed E-state index contributed by atoms with van der Waals surface area (Å²) in [5.74, 6) is 0.433. The summed E-state index contributed by atoms with van der Waals surface area (Å²) in [4.78, 5) is 27.6. The van der Waals surface area contributed by atoms with Crippen LogP contribution in [-0.2, 0) is 31.1 Å². The van der Waals surface area contributed by atoms with E-state index in [4.69, 9.17) is 14.2 Å². The Kier molecular flexibility index (Phi) is 5.00. The number of fused-ring (bicyclic) bond motifs is 2. The minimum absolute atomic E-state index is 0.0914. The first-order valence-corrected chi connectivity index (χ1v) is 11.4. The van der Waals surface area contributed by atoms with Crippen LogP contribution < -0.4 is 4.74 Å². The number of rotatable bonds is 2. The van der Waals surface area contributed by atoms with Crippen molar-refractivity contribution in [3.63, 3.8) is 0 Å². The van der Waals surface area contributed by atoms with Crippen LogP contribution in [0, 0.1) is 5.92 Å². The Hall–Kier alpha value is -2.08. The number of hydrogen-bond acceptors (Lipinski definition) is 5. The molecule has 2 saturated heterocycles. The second kappa shape index (κ2) is 7.56. The van der Waals surface area contributed by atoms with Crippen molar-refractivity contribution in [2.24, 2.45) is 5.92 Å². The molecule has 3 aliphatic heterocycles. The second-order valence-corrected chi connectivity index (χ2v) is 9.27. The SMILES string of the molecule is COc1cccc2c1C1(CCN(C(=O)C3CC(=O)OC34CCCCC4)CC1)OCC2. The fourth-order valence-electron chi connectivity index (χ4n) is 6.21. The third kappa shape index (κ3) is 3.11. The van der Waals surface area contributed by atoms with Crippen LogP contribution in [0.3, 0.4) is 0 Å². The molecule has 1 unspecified atom stereocenters. The third-order valence-corrected chi connectivity index (χ3v) is 7.74. The Labute approximate surface area is 177 Å². The highest BCUT2D eigenvalue weighted by molar-refractivity contribution is 5.88. The Morgan fingerprint density at radius 2 is 1.90 bits per heavy atom. The maximum atomic E-state index is 13.5. The number of esters is 1. The molecule has 1 saturated carbocycles. The van der Waals surface area contributed by atoms with E-state index in [1.54, 1.807) is 7.11 Å². The van der Waals surface area contributed by atoms with Crippen molar-refractivity contribution in [3.05, 3.63) is 29.3 Å². The molecule has 1 aromatic rings. The molecular weight excluding hydrogens is 382 g/mol. The zero-order valence-corrected chi connectivity index (χ0v) is 17.8. The lowest BCUT2D eigenvalue weighted by atomic mass is 9.74. The van der Waals surface area contributed by atoms with Crippen LogP contribution in [0.25, 0.3) is 0 Å². The molecule has 0 aromatic heterocycles. The first-order chi connectivity index (χ1) is 14.6. The number of likely N-dealkylation sites (tertiary alicyclic amines) is 1. The van der Waals surface area contributed by atoms with E-state index in [2.05, 4.69) is 6.07 Å². The van der Waals surface area contributed by atoms with Crippen LogP contribution in [0.1, 0.15) is 62.5 Å². The first kappa shape index (κ1) is 19.9. The zero-order chi connectivity index (χ0) is 20.8. The van der Waals surface area contributed by atoms with Gasteiger partial charge in [0.25, 0.3) is 0 Å². The van der Waals surface area contributed by atoms with Gasteiger partial charge in [0.1, 0.15) is 17.0 Å². The van der Waals surface area contributed by atoms with E-state index in [1.165, 1.54) is 5.56 Å². The predicted octanol–water partition coefficient (Wildman–Crippen LogP) is 3.35. The Morgan fingerprint density at radius 3 is 2.63 bits per heavy atom. The van der Waals surface area contributed by atoms with Crippen molar-refractivity contribution < 1.29 is 23.8 Å². The maximum Gasteiger partial charge on any atom is 0.307 e. The number of benzene rings is 1. The Bertz CT molecular complexity index is 822. The predicted molar refractivity (Wildman–Crippen MR) is 110 cm³/mol. The molecule has 1 aliphatic carbocycles. The van der Waals surface area contributed by atoms with Gasteiger partial charge in [-0.1, -0.05) is 18.6 Å². The van der Waals surface area contributed by atoms with E-state index in [1.807, 2.05) is 17.0 Å². The molecule has 2 spiro atoms. The number of carbonyl (C=O) groups is 2. The van der Waals surface area contributed by atoms with Crippen molar-refractivity contribution in [2.75, 3.05) is 26.8 Å². The maximum absolute atomic E-state index is 13.5. The van der Waals surface area contributed by atoms with Gasteiger partial charge in [-0.05, 0) is 56.6 Å². The highest BCUT2D eigenvalue weighted by atomic mass is 16.6. The summed E-state index contributed by atoms with van der Waals surface area (Å²) >= 11 is 0. The largest absolute Gasteiger partial charge is 0.496 e. The molecule has 1 amide bonds. The van der Waals surface area contributed by atoms with E-state index in [9.17, 15) is 9.59 Å². The smallest absolute Gasteiger partial charge is 0.307 e. The van der Waals surface area contributed by atoms with Crippen LogP contribution in [0.5, 0.6) is 5.75 Å². The minimum Gasteiger partial charge on any atom is -0.496 e.